The molecule has 226 valence electrons. The molecule has 0 saturated heterocycles. The molecule has 1 aliphatic heterocycles. The molecule has 0 saturated carbocycles. The molecule has 0 fully saturated rings. The van der Waals surface area contributed by atoms with E-state index in [1.54, 1.807) is 25.4 Å². The third-order valence-electron chi connectivity index (χ3n) is 7.75. The first-order valence-corrected chi connectivity index (χ1v) is 15.1. The van der Waals surface area contributed by atoms with E-state index >= 15 is 0 Å². The zero-order valence-corrected chi connectivity index (χ0v) is 25.0. The van der Waals surface area contributed by atoms with Crippen LogP contribution in [-0.2, 0) is 17.6 Å². The molecule has 5 heterocycles. The molecule has 0 amide bonds. The molecular weight excluding hydrogens is 544 g/mol. The number of rotatable bonds is 15. The fraction of sp³-hybridized carbons (Fsp3) is 0.438. The SMILES string of the molecule is CC(=O)[C@H](CCN(CCCCc1ccc2c(n1)NCCC2)CCOc1ccc(C)nc1)Nc1c2ncccc2nc[n+]1O. The summed E-state index contributed by atoms with van der Waals surface area (Å²) in [7, 11) is 0. The molecule has 0 bridgehead atoms. The van der Waals surface area contributed by atoms with E-state index in [4.69, 9.17) is 9.72 Å². The fourth-order valence-corrected chi connectivity index (χ4v) is 5.27. The Bertz CT molecular complexity index is 1510. The number of carbonyl (C=O) groups is 1. The summed E-state index contributed by atoms with van der Waals surface area (Å²) in [6.07, 6.45) is 10.4. The number of ketones is 1. The quantitative estimate of drug-likeness (QED) is 0.108. The van der Waals surface area contributed by atoms with Crippen molar-refractivity contribution in [2.45, 2.75) is 58.4 Å². The van der Waals surface area contributed by atoms with Crippen molar-refractivity contribution in [3.05, 3.63) is 72.1 Å². The van der Waals surface area contributed by atoms with Crippen LogP contribution in [0, 0.1) is 6.92 Å². The monoisotopic (exact) mass is 585 g/mol. The number of nitrogens with one attached hydrogen (secondary N) is 2. The first-order chi connectivity index (χ1) is 21.0. The average Bonchev–Trinajstić information content (AvgIpc) is 3.02. The van der Waals surface area contributed by atoms with Crippen LogP contribution in [0.4, 0.5) is 11.6 Å². The van der Waals surface area contributed by atoms with Gasteiger partial charge < -0.3 is 15.3 Å². The van der Waals surface area contributed by atoms with Crippen LogP contribution >= 0.6 is 0 Å². The van der Waals surface area contributed by atoms with E-state index in [9.17, 15) is 10.0 Å². The Hall–Kier alpha value is -4.38. The Labute approximate surface area is 252 Å². The molecule has 1 atom stereocenters. The highest BCUT2D eigenvalue weighted by Crippen LogP contribution is 2.21. The van der Waals surface area contributed by atoms with Crippen molar-refractivity contribution in [2.75, 3.05) is 43.4 Å². The van der Waals surface area contributed by atoms with Crippen molar-refractivity contribution >= 4 is 28.5 Å². The Morgan fingerprint density at radius 1 is 1.14 bits per heavy atom. The lowest BCUT2D eigenvalue weighted by Crippen LogP contribution is -2.41. The van der Waals surface area contributed by atoms with Gasteiger partial charge in [0.05, 0.1) is 6.20 Å². The van der Waals surface area contributed by atoms with Crippen LogP contribution in [0.5, 0.6) is 5.75 Å². The van der Waals surface area contributed by atoms with Crippen molar-refractivity contribution in [3.8, 4) is 5.75 Å². The van der Waals surface area contributed by atoms with Crippen molar-refractivity contribution in [2.24, 2.45) is 0 Å². The number of hydrogen-bond donors (Lipinski definition) is 3. The molecule has 1 aliphatic rings. The lowest BCUT2D eigenvalue weighted by molar-refractivity contribution is -0.894. The van der Waals surface area contributed by atoms with Gasteiger partial charge in [0.2, 0.25) is 0 Å². The second-order valence-corrected chi connectivity index (χ2v) is 11.0. The Balaban J connectivity index is 1.19. The van der Waals surface area contributed by atoms with Crippen LogP contribution in [-0.4, -0.2) is 74.7 Å². The van der Waals surface area contributed by atoms with Gasteiger partial charge in [0, 0.05) is 43.6 Å². The summed E-state index contributed by atoms with van der Waals surface area (Å²) in [6, 6.07) is 11.3. The van der Waals surface area contributed by atoms with Gasteiger partial charge in [-0.25, -0.2) is 9.97 Å². The number of aryl methyl sites for hydroxylation is 3. The molecular formula is C32H41N8O3+. The molecule has 3 N–H and O–H groups in total. The normalized spacial score (nSPS) is 13.4. The molecule has 0 aliphatic carbocycles. The summed E-state index contributed by atoms with van der Waals surface area (Å²) in [6.45, 7) is 7.26. The number of aromatic nitrogens is 5. The van der Waals surface area contributed by atoms with Crippen LogP contribution < -0.4 is 20.1 Å². The van der Waals surface area contributed by atoms with Crippen molar-refractivity contribution in [1.29, 1.82) is 0 Å². The van der Waals surface area contributed by atoms with Gasteiger partial charge in [-0.1, -0.05) is 10.8 Å². The molecule has 4 aromatic heterocycles. The number of hydrogen-bond acceptors (Lipinski definition) is 10. The minimum Gasteiger partial charge on any atom is -0.491 e. The third kappa shape index (κ3) is 8.35. The topological polar surface area (TPSA) is 129 Å². The second-order valence-electron chi connectivity index (χ2n) is 11.0. The maximum Gasteiger partial charge on any atom is 0.290 e. The van der Waals surface area contributed by atoms with E-state index in [2.05, 4.69) is 42.6 Å². The number of ether oxygens (including phenoxy) is 1. The molecule has 0 aromatic carbocycles. The minimum atomic E-state index is -0.511. The smallest absolute Gasteiger partial charge is 0.290 e. The molecule has 43 heavy (non-hydrogen) atoms. The van der Waals surface area contributed by atoms with Crippen LogP contribution in [0.15, 0.2) is 55.1 Å². The molecule has 11 heteroatoms. The molecule has 4 aromatic rings. The number of unbranched alkanes of at least 4 members (excludes halogenated alkanes) is 1. The van der Waals surface area contributed by atoms with Gasteiger partial charge in [-0.3, -0.25) is 20.0 Å². The third-order valence-corrected chi connectivity index (χ3v) is 7.75. The van der Waals surface area contributed by atoms with Crippen LogP contribution in [0.3, 0.4) is 0 Å². The van der Waals surface area contributed by atoms with E-state index in [1.165, 1.54) is 11.9 Å². The van der Waals surface area contributed by atoms with Gasteiger partial charge in [-0.15, -0.1) is 4.98 Å². The van der Waals surface area contributed by atoms with E-state index in [0.29, 0.717) is 43.0 Å². The average molecular weight is 586 g/mol. The first kappa shape index (κ1) is 30.1. The van der Waals surface area contributed by atoms with Gasteiger partial charge >= 0.3 is 0 Å². The lowest BCUT2D eigenvalue weighted by atomic mass is 10.1. The molecule has 11 nitrogen and oxygen atoms in total. The number of anilines is 2. The van der Waals surface area contributed by atoms with Gasteiger partial charge in [0.1, 0.15) is 24.2 Å². The molecule has 0 radical (unpaired) electrons. The maximum absolute atomic E-state index is 12.7. The Kier molecular flexibility index (Phi) is 10.3. The van der Waals surface area contributed by atoms with Crippen LogP contribution in [0.2, 0.25) is 0 Å². The highest BCUT2D eigenvalue weighted by atomic mass is 16.5. The molecule has 0 spiro atoms. The molecule has 0 unspecified atom stereocenters. The predicted molar refractivity (Wildman–Crippen MR) is 165 cm³/mol. The number of Topliss-reactive ketones (excluding diaryl/α,β-unsaturated/α-hetero) is 1. The summed E-state index contributed by atoms with van der Waals surface area (Å²) >= 11 is 0. The van der Waals surface area contributed by atoms with Gasteiger partial charge in [-0.2, -0.15) is 0 Å². The van der Waals surface area contributed by atoms with Gasteiger partial charge in [0.25, 0.3) is 12.1 Å². The molecule has 5 rings (SSSR count). The number of fused-ring (bicyclic) bond motifs is 2. The number of pyridine rings is 3. The zero-order valence-electron chi connectivity index (χ0n) is 25.0. The predicted octanol–water partition coefficient (Wildman–Crippen LogP) is 3.77. The summed E-state index contributed by atoms with van der Waals surface area (Å²) in [4.78, 5) is 32.8. The fourth-order valence-electron chi connectivity index (χ4n) is 5.27. The highest BCUT2D eigenvalue weighted by Gasteiger charge is 2.24. The van der Waals surface area contributed by atoms with Gasteiger partial charge in [0.15, 0.2) is 16.8 Å². The van der Waals surface area contributed by atoms with Crippen LogP contribution in [0.1, 0.15) is 49.6 Å². The van der Waals surface area contributed by atoms with Crippen molar-refractivity contribution in [3.63, 3.8) is 0 Å². The Morgan fingerprint density at radius 3 is 2.88 bits per heavy atom. The van der Waals surface area contributed by atoms with E-state index < -0.39 is 6.04 Å². The van der Waals surface area contributed by atoms with Crippen molar-refractivity contribution in [1.82, 2.24) is 24.8 Å². The maximum atomic E-state index is 12.7. The zero-order chi connectivity index (χ0) is 30.0. The summed E-state index contributed by atoms with van der Waals surface area (Å²) < 4.78 is 6.86. The summed E-state index contributed by atoms with van der Waals surface area (Å²) in [5.74, 6) is 2.11. The minimum absolute atomic E-state index is 0.0186. The van der Waals surface area contributed by atoms with E-state index in [-0.39, 0.29) is 5.78 Å². The van der Waals surface area contributed by atoms with Crippen LogP contribution in [0.25, 0.3) is 11.0 Å². The van der Waals surface area contributed by atoms with E-state index in [0.717, 1.165) is 72.9 Å². The second kappa shape index (κ2) is 14.7. The first-order valence-electron chi connectivity index (χ1n) is 15.1. The van der Waals surface area contributed by atoms with E-state index in [1.807, 2.05) is 25.1 Å². The highest BCUT2D eigenvalue weighted by molar-refractivity contribution is 5.88. The largest absolute Gasteiger partial charge is 0.491 e. The van der Waals surface area contributed by atoms with Crippen molar-refractivity contribution < 1.29 is 19.5 Å². The lowest BCUT2D eigenvalue weighted by Gasteiger charge is -2.24. The van der Waals surface area contributed by atoms with Gasteiger partial charge in [-0.05, 0) is 88.4 Å². The number of carbonyl (C=O) groups excluding carboxylic acids is 1. The Morgan fingerprint density at radius 2 is 2.05 bits per heavy atom. The summed E-state index contributed by atoms with van der Waals surface area (Å²) in [5, 5.41) is 17.1. The number of nitrogens with zero attached hydrogens (tertiary/aromatic N) is 6. The standard InChI is InChI=1S/C32H40N8O3/c1-23-10-13-27(21-35-23)43-20-19-39(17-4-3-8-26-12-11-25-7-5-16-34-31(25)37-26)18-14-28(24(2)41)38-32-30-29(9-6-15-33-30)36-22-40(32)42/h6,9-13,15,21-22,28,42H,3-5,7-8,14,16-20H2,1-2H3,(H,34,37)/p+1/t28-/m0/s1. The summed E-state index contributed by atoms with van der Waals surface area (Å²) in [5.41, 5.74) is 4.50.